The van der Waals surface area contributed by atoms with Gasteiger partial charge in [-0.1, -0.05) is 18.2 Å². The van der Waals surface area contributed by atoms with E-state index >= 15 is 0 Å². The summed E-state index contributed by atoms with van der Waals surface area (Å²) in [5, 5.41) is 2.74. The van der Waals surface area contributed by atoms with Crippen LogP contribution in [0.2, 0.25) is 0 Å². The molecule has 0 aliphatic carbocycles. The van der Waals surface area contributed by atoms with Crippen LogP contribution in [0.25, 0.3) is 0 Å². The van der Waals surface area contributed by atoms with Gasteiger partial charge in [0.25, 0.3) is 5.91 Å². The van der Waals surface area contributed by atoms with E-state index in [1.54, 1.807) is 23.1 Å². The van der Waals surface area contributed by atoms with Gasteiger partial charge in [0.15, 0.2) is 0 Å². The third-order valence-corrected chi connectivity index (χ3v) is 4.56. The van der Waals surface area contributed by atoms with E-state index < -0.39 is 17.7 Å². The Morgan fingerprint density at radius 3 is 2.92 bits per heavy atom. The smallest absolute Gasteiger partial charge is 0.262 e. The average molecular weight is 357 g/mol. The van der Waals surface area contributed by atoms with Gasteiger partial charge in [-0.3, -0.25) is 14.4 Å². The summed E-state index contributed by atoms with van der Waals surface area (Å²) in [5.74, 6) is -2.21. The SMILES string of the molecule is O=C1N=CC=CC1C(=O)NCC(Cc1cccc(F)c1)N1CCCC1=O. The second kappa shape index (κ2) is 8.03. The number of nitrogens with zero attached hydrogens (tertiary/aromatic N) is 2. The van der Waals surface area contributed by atoms with Gasteiger partial charge in [-0.2, -0.15) is 0 Å². The highest BCUT2D eigenvalue weighted by Gasteiger charge is 2.30. The fraction of sp³-hybridized carbons (Fsp3) is 0.368. The third-order valence-electron chi connectivity index (χ3n) is 4.56. The molecule has 6 nitrogen and oxygen atoms in total. The Morgan fingerprint density at radius 1 is 1.38 bits per heavy atom. The number of nitrogens with one attached hydrogen (secondary N) is 1. The number of likely N-dealkylation sites (tertiary alicyclic amines) is 1. The van der Waals surface area contributed by atoms with Gasteiger partial charge in [0, 0.05) is 25.7 Å². The van der Waals surface area contributed by atoms with Crippen LogP contribution in [0.3, 0.4) is 0 Å². The van der Waals surface area contributed by atoms with E-state index in [9.17, 15) is 18.8 Å². The first kappa shape index (κ1) is 18.0. The lowest BCUT2D eigenvalue weighted by Crippen LogP contribution is -2.47. The molecule has 7 heteroatoms. The van der Waals surface area contributed by atoms with Crippen LogP contribution in [-0.4, -0.2) is 48.0 Å². The van der Waals surface area contributed by atoms with Crippen molar-refractivity contribution in [3.8, 4) is 0 Å². The van der Waals surface area contributed by atoms with Crippen LogP contribution in [0.4, 0.5) is 4.39 Å². The summed E-state index contributed by atoms with van der Waals surface area (Å²) in [4.78, 5) is 41.5. The first-order valence-electron chi connectivity index (χ1n) is 8.61. The molecule has 2 unspecified atom stereocenters. The molecule has 136 valence electrons. The highest BCUT2D eigenvalue weighted by Crippen LogP contribution is 2.18. The molecule has 1 fully saturated rings. The zero-order chi connectivity index (χ0) is 18.5. The molecule has 1 N–H and O–H groups in total. The van der Waals surface area contributed by atoms with Gasteiger partial charge in [0.2, 0.25) is 11.8 Å². The summed E-state index contributed by atoms with van der Waals surface area (Å²) in [6, 6.07) is 5.91. The van der Waals surface area contributed by atoms with Crippen molar-refractivity contribution in [3.05, 3.63) is 47.8 Å². The highest BCUT2D eigenvalue weighted by molar-refractivity contribution is 6.07. The first-order valence-corrected chi connectivity index (χ1v) is 8.61. The minimum atomic E-state index is -0.941. The van der Waals surface area contributed by atoms with Crippen LogP contribution in [-0.2, 0) is 20.8 Å². The average Bonchev–Trinajstić information content (AvgIpc) is 3.04. The maximum Gasteiger partial charge on any atom is 0.262 e. The van der Waals surface area contributed by atoms with Crippen LogP contribution in [0.5, 0.6) is 0 Å². The van der Waals surface area contributed by atoms with Gasteiger partial charge in [-0.05, 0) is 36.6 Å². The van der Waals surface area contributed by atoms with E-state index in [0.29, 0.717) is 19.4 Å². The van der Waals surface area contributed by atoms with Crippen molar-refractivity contribution in [2.75, 3.05) is 13.1 Å². The van der Waals surface area contributed by atoms with Gasteiger partial charge in [-0.15, -0.1) is 0 Å². The maximum absolute atomic E-state index is 13.5. The Morgan fingerprint density at radius 2 is 2.23 bits per heavy atom. The summed E-state index contributed by atoms with van der Waals surface area (Å²) < 4.78 is 13.5. The minimum Gasteiger partial charge on any atom is -0.353 e. The van der Waals surface area contributed by atoms with Crippen LogP contribution in [0, 0.1) is 11.7 Å². The second-order valence-electron chi connectivity index (χ2n) is 6.40. The van der Waals surface area contributed by atoms with Gasteiger partial charge >= 0.3 is 0 Å². The maximum atomic E-state index is 13.5. The molecule has 2 aliphatic rings. The van der Waals surface area contributed by atoms with E-state index in [-0.39, 0.29) is 24.3 Å². The molecule has 26 heavy (non-hydrogen) atoms. The minimum absolute atomic E-state index is 0.0268. The second-order valence-corrected chi connectivity index (χ2v) is 6.40. The van der Waals surface area contributed by atoms with E-state index in [1.807, 2.05) is 0 Å². The Labute approximate surface area is 150 Å². The molecule has 3 amide bonds. The van der Waals surface area contributed by atoms with Gasteiger partial charge in [-0.25, -0.2) is 9.38 Å². The Kier molecular flexibility index (Phi) is 5.55. The van der Waals surface area contributed by atoms with Gasteiger partial charge in [0.05, 0.1) is 6.04 Å². The normalized spacial score (nSPS) is 20.5. The molecule has 0 radical (unpaired) electrons. The van der Waals surface area contributed by atoms with Crippen LogP contribution in [0.1, 0.15) is 18.4 Å². The zero-order valence-corrected chi connectivity index (χ0v) is 14.2. The van der Waals surface area contributed by atoms with E-state index in [4.69, 9.17) is 0 Å². The van der Waals surface area contributed by atoms with Crippen molar-refractivity contribution in [1.82, 2.24) is 10.2 Å². The zero-order valence-electron chi connectivity index (χ0n) is 14.2. The summed E-state index contributed by atoms with van der Waals surface area (Å²) in [6.07, 6.45) is 6.07. The Hall–Kier alpha value is -2.83. The Balaban J connectivity index is 1.68. The third kappa shape index (κ3) is 4.22. The molecule has 0 bridgehead atoms. The lowest BCUT2D eigenvalue weighted by molar-refractivity contribution is -0.133. The topological polar surface area (TPSA) is 78.8 Å². The Bertz CT molecular complexity index is 775. The standard InChI is InChI=1S/C19H20FN3O3/c20-14-5-1-4-13(10-14)11-15(23-9-3-7-17(23)24)12-22-19(26)16-6-2-8-21-18(16)25/h1-2,4-6,8,10,15-16H,3,7,9,11-12H2,(H,22,26). The lowest BCUT2D eigenvalue weighted by Gasteiger charge is -2.28. The predicted molar refractivity (Wildman–Crippen MR) is 94.0 cm³/mol. The largest absolute Gasteiger partial charge is 0.353 e. The molecule has 1 aromatic rings. The molecule has 0 spiro atoms. The molecule has 1 saturated heterocycles. The number of carbonyl (C=O) groups excluding carboxylic acids is 3. The van der Waals surface area contributed by atoms with E-state index in [0.717, 1.165) is 12.0 Å². The molecule has 0 aromatic heterocycles. The lowest BCUT2D eigenvalue weighted by atomic mass is 10.0. The van der Waals surface area contributed by atoms with Crippen molar-refractivity contribution in [3.63, 3.8) is 0 Å². The van der Waals surface area contributed by atoms with Crippen LogP contribution < -0.4 is 5.32 Å². The number of hydrogen-bond acceptors (Lipinski definition) is 3. The molecular formula is C19H20FN3O3. The van der Waals surface area contributed by atoms with Crippen molar-refractivity contribution >= 4 is 23.9 Å². The molecular weight excluding hydrogens is 337 g/mol. The number of dihydropyridines is 1. The van der Waals surface area contributed by atoms with Crippen molar-refractivity contribution in [2.24, 2.45) is 10.9 Å². The molecule has 2 heterocycles. The number of rotatable bonds is 6. The van der Waals surface area contributed by atoms with Gasteiger partial charge in [0.1, 0.15) is 11.7 Å². The molecule has 2 aliphatic heterocycles. The molecule has 2 atom stereocenters. The number of carbonyl (C=O) groups is 3. The number of amides is 3. The van der Waals surface area contributed by atoms with Crippen molar-refractivity contribution in [1.29, 1.82) is 0 Å². The summed E-state index contributed by atoms with van der Waals surface area (Å²) in [6.45, 7) is 0.809. The van der Waals surface area contributed by atoms with Crippen molar-refractivity contribution < 1.29 is 18.8 Å². The predicted octanol–water partition coefficient (Wildman–Crippen LogP) is 1.26. The molecule has 3 rings (SSSR count). The fourth-order valence-electron chi connectivity index (χ4n) is 3.25. The summed E-state index contributed by atoms with van der Waals surface area (Å²) in [5.41, 5.74) is 0.752. The number of allylic oxidation sites excluding steroid dienone is 1. The molecule has 1 aromatic carbocycles. The number of halogens is 1. The van der Waals surface area contributed by atoms with Gasteiger partial charge < -0.3 is 10.2 Å². The first-order chi connectivity index (χ1) is 12.5. The number of benzene rings is 1. The number of hydrogen-bond donors (Lipinski definition) is 1. The molecule has 0 saturated carbocycles. The van der Waals surface area contributed by atoms with Crippen LogP contribution >= 0.6 is 0 Å². The van der Waals surface area contributed by atoms with Crippen molar-refractivity contribution in [2.45, 2.75) is 25.3 Å². The quantitative estimate of drug-likeness (QED) is 0.779. The monoisotopic (exact) mass is 357 g/mol. The number of aliphatic imine (C=N–C) groups is 1. The fourth-order valence-corrected chi connectivity index (χ4v) is 3.25. The van der Waals surface area contributed by atoms with E-state index in [2.05, 4.69) is 10.3 Å². The van der Waals surface area contributed by atoms with Crippen LogP contribution in [0.15, 0.2) is 41.4 Å². The van der Waals surface area contributed by atoms with E-state index in [1.165, 1.54) is 24.4 Å². The summed E-state index contributed by atoms with van der Waals surface area (Å²) >= 11 is 0. The summed E-state index contributed by atoms with van der Waals surface area (Å²) in [7, 11) is 0. The highest BCUT2D eigenvalue weighted by atomic mass is 19.1.